The molecule has 0 fully saturated rings. The van der Waals surface area contributed by atoms with Gasteiger partial charge in [0.25, 0.3) is 0 Å². The van der Waals surface area contributed by atoms with Crippen molar-refractivity contribution in [1.82, 2.24) is 0 Å². The summed E-state index contributed by atoms with van der Waals surface area (Å²) in [7, 11) is 0. The van der Waals surface area contributed by atoms with Gasteiger partial charge in [0.15, 0.2) is 0 Å². The average molecular weight is 164 g/mol. The van der Waals surface area contributed by atoms with E-state index in [4.69, 9.17) is 0 Å². The maximum atomic E-state index is 4.08. The minimum atomic E-state index is 0.686. The third-order valence-corrected chi connectivity index (χ3v) is 2.94. The molecule has 1 aliphatic rings. The molecule has 0 aromatic rings. The van der Waals surface area contributed by atoms with Gasteiger partial charge in [0.1, 0.15) is 0 Å². The summed E-state index contributed by atoms with van der Waals surface area (Å²) in [5, 5.41) is 0. The van der Waals surface area contributed by atoms with Crippen molar-refractivity contribution in [2.75, 3.05) is 0 Å². The fourth-order valence-electron chi connectivity index (χ4n) is 2.71. The largest absolute Gasteiger partial charge is 0.0998 e. The Bertz CT molecular complexity index is 210. The van der Waals surface area contributed by atoms with E-state index in [0.717, 1.165) is 5.92 Å². The zero-order valence-corrected chi connectivity index (χ0v) is 8.72. The summed E-state index contributed by atoms with van der Waals surface area (Å²) in [6.45, 7) is 13.1. The highest BCUT2D eigenvalue weighted by atomic mass is 14.3. The van der Waals surface area contributed by atoms with E-state index in [9.17, 15) is 0 Å². The van der Waals surface area contributed by atoms with Crippen LogP contribution in [0.1, 0.15) is 34.1 Å². The lowest BCUT2D eigenvalue weighted by Crippen LogP contribution is -2.23. The van der Waals surface area contributed by atoms with Crippen LogP contribution in [0.2, 0.25) is 0 Å². The van der Waals surface area contributed by atoms with Crippen LogP contribution in [0.15, 0.2) is 23.8 Å². The van der Waals surface area contributed by atoms with Crippen molar-refractivity contribution in [1.29, 1.82) is 0 Å². The summed E-state index contributed by atoms with van der Waals surface area (Å²) >= 11 is 0. The lowest BCUT2D eigenvalue weighted by molar-refractivity contribution is 0.318. The second-order valence-electron chi connectivity index (χ2n) is 4.43. The Morgan fingerprint density at radius 3 is 2.50 bits per heavy atom. The first-order chi connectivity index (χ1) is 5.52. The van der Waals surface area contributed by atoms with Crippen molar-refractivity contribution >= 4 is 0 Å². The summed E-state index contributed by atoms with van der Waals surface area (Å²) in [5.41, 5.74) is 2.89. The quantitative estimate of drug-likeness (QED) is 0.517. The first kappa shape index (κ1) is 9.57. The van der Waals surface area contributed by atoms with Crippen LogP contribution in [-0.4, -0.2) is 0 Å². The molecule has 0 aliphatic heterocycles. The second kappa shape index (κ2) is 3.47. The molecule has 0 heteroatoms. The van der Waals surface area contributed by atoms with Crippen molar-refractivity contribution in [3.05, 3.63) is 23.8 Å². The van der Waals surface area contributed by atoms with Crippen LogP contribution in [0.3, 0.4) is 0 Å². The summed E-state index contributed by atoms with van der Waals surface area (Å²) < 4.78 is 0. The highest BCUT2D eigenvalue weighted by Crippen LogP contribution is 2.37. The van der Waals surface area contributed by atoms with Gasteiger partial charge in [-0.1, -0.05) is 37.6 Å². The summed E-state index contributed by atoms with van der Waals surface area (Å²) in [4.78, 5) is 0. The van der Waals surface area contributed by atoms with E-state index < -0.39 is 0 Å². The monoisotopic (exact) mass is 164 g/mol. The van der Waals surface area contributed by atoms with Crippen LogP contribution in [0.5, 0.6) is 0 Å². The Hall–Kier alpha value is -0.520. The van der Waals surface area contributed by atoms with Gasteiger partial charge in [0.05, 0.1) is 0 Å². The predicted molar refractivity (Wildman–Crippen MR) is 55.0 cm³/mol. The summed E-state index contributed by atoms with van der Waals surface area (Å²) in [6.07, 6.45) is 3.65. The maximum absolute atomic E-state index is 4.08. The lowest BCUT2D eigenvalue weighted by Gasteiger charge is -2.33. The van der Waals surface area contributed by atoms with Crippen molar-refractivity contribution in [3.63, 3.8) is 0 Å². The van der Waals surface area contributed by atoms with Gasteiger partial charge in [-0.05, 0) is 38.0 Å². The molecule has 0 aromatic heterocycles. The molecule has 0 radical (unpaired) electrons. The van der Waals surface area contributed by atoms with E-state index >= 15 is 0 Å². The molecule has 0 N–H and O–H groups in total. The van der Waals surface area contributed by atoms with Crippen molar-refractivity contribution in [2.24, 2.45) is 17.8 Å². The minimum absolute atomic E-state index is 0.686. The molecular weight excluding hydrogens is 144 g/mol. The summed E-state index contributed by atoms with van der Waals surface area (Å²) in [6, 6.07) is 0. The van der Waals surface area contributed by atoms with Crippen molar-refractivity contribution in [2.45, 2.75) is 34.1 Å². The lowest BCUT2D eigenvalue weighted by atomic mass is 9.72. The van der Waals surface area contributed by atoms with Crippen molar-refractivity contribution < 1.29 is 0 Å². The molecule has 0 saturated carbocycles. The summed E-state index contributed by atoms with van der Waals surface area (Å²) in [5.74, 6) is 2.17. The van der Waals surface area contributed by atoms with Gasteiger partial charge in [0.2, 0.25) is 0 Å². The molecule has 0 spiro atoms. The molecule has 1 rings (SSSR count). The third-order valence-electron chi connectivity index (χ3n) is 2.94. The zero-order valence-electron chi connectivity index (χ0n) is 8.72. The Morgan fingerprint density at radius 2 is 2.08 bits per heavy atom. The van der Waals surface area contributed by atoms with Crippen LogP contribution >= 0.6 is 0 Å². The molecule has 12 heavy (non-hydrogen) atoms. The highest BCUT2D eigenvalue weighted by Gasteiger charge is 2.26. The van der Waals surface area contributed by atoms with Crippen molar-refractivity contribution in [3.8, 4) is 0 Å². The van der Waals surface area contributed by atoms with E-state index in [2.05, 4.69) is 40.3 Å². The standard InChI is InChI=1S/C12H20/c1-8(2)12-10(4)6-9(3)7-11(12)5/h6,10-12H,1,7H2,2-5H3. The fourth-order valence-corrected chi connectivity index (χ4v) is 2.71. The average Bonchev–Trinajstić information content (AvgIpc) is 1.82. The Balaban J connectivity index is 2.82. The van der Waals surface area contributed by atoms with Gasteiger partial charge < -0.3 is 0 Å². The molecular formula is C12H20. The van der Waals surface area contributed by atoms with Gasteiger partial charge >= 0.3 is 0 Å². The third kappa shape index (κ3) is 1.80. The first-order valence-corrected chi connectivity index (χ1v) is 4.85. The maximum Gasteiger partial charge on any atom is -0.0119 e. The van der Waals surface area contributed by atoms with Crippen LogP contribution in [0.4, 0.5) is 0 Å². The second-order valence-corrected chi connectivity index (χ2v) is 4.43. The van der Waals surface area contributed by atoms with E-state index in [1.165, 1.54) is 12.0 Å². The molecule has 3 atom stereocenters. The van der Waals surface area contributed by atoms with Crippen LogP contribution in [0.25, 0.3) is 0 Å². The molecule has 68 valence electrons. The van der Waals surface area contributed by atoms with Gasteiger partial charge in [0, 0.05) is 0 Å². The van der Waals surface area contributed by atoms with E-state index in [1.807, 2.05) is 0 Å². The number of hydrogen-bond donors (Lipinski definition) is 0. The van der Waals surface area contributed by atoms with Gasteiger partial charge in [-0.15, -0.1) is 0 Å². The van der Waals surface area contributed by atoms with Crippen LogP contribution < -0.4 is 0 Å². The van der Waals surface area contributed by atoms with Crippen LogP contribution in [-0.2, 0) is 0 Å². The van der Waals surface area contributed by atoms with Crippen LogP contribution in [0, 0.1) is 17.8 Å². The number of allylic oxidation sites excluding steroid dienone is 3. The van der Waals surface area contributed by atoms with Gasteiger partial charge in [-0.25, -0.2) is 0 Å². The zero-order chi connectivity index (χ0) is 9.30. The van der Waals surface area contributed by atoms with Gasteiger partial charge in [-0.3, -0.25) is 0 Å². The van der Waals surface area contributed by atoms with Gasteiger partial charge in [-0.2, -0.15) is 0 Å². The Morgan fingerprint density at radius 1 is 1.50 bits per heavy atom. The number of rotatable bonds is 1. The topological polar surface area (TPSA) is 0 Å². The Labute approximate surface area is 76.4 Å². The molecule has 0 saturated heterocycles. The molecule has 0 nitrogen and oxygen atoms in total. The normalized spacial score (nSPS) is 36.0. The SMILES string of the molecule is C=C(C)C1C(C)C=C(C)CC1C. The fraction of sp³-hybridized carbons (Fsp3) is 0.667. The molecule has 1 aliphatic carbocycles. The number of hydrogen-bond acceptors (Lipinski definition) is 0. The molecule has 0 heterocycles. The first-order valence-electron chi connectivity index (χ1n) is 4.85. The predicted octanol–water partition coefficient (Wildman–Crippen LogP) is 3.80. The van der Waals surface area contributed by atoms with E-state index in [-0.39, 0.29) is 0 Å². The highest BCUT2D eigenvalue weighted by molar-refractivity contribution is 5.14. The Kier molecular flexibility index (Phi) is 2.76. The molecule has 0 aromatic carbocycles. The minimum Gasteiger partial charge on any atom is -0.0998 e. The molecule has 0 amide bonds. The molecule has 3 unspecified atom stereocenters. The molecule has 0 bridgehead atoms. The smallest absolute Gasteiger partial charge is 0.0119 e. The van der Waals surface area contributed by atoms with E-state index in [0.29, 0.717) is 11.8 Å². The van der Waals surface area contributed by atoms with E-state index in [1.54, 1.807) is 5.57 Å².